The first-order chi connectivity index (χ1) is 8.58. The summed E-state index contributed by atoms with van der Waals surface area (Å²) in [7, 11) is 0. The number of phenols is 1. The Bertz CT molecular complexity index is 404. The highest BCUT2D eigenvalue weighted by atomic mass is 16.3. The van der Waals surface area contributed by atoms with Crippen molar-refractivity contribution in [2.24, 2.45) is 0 Å². The molecule has 0 fully saturated rings. The summed E-state index contributed by atoms with van der Waals surface area (Å²) in [5.74, 6) is 0.206. The third-order valence-electron chi connectivity index (χ3n) is 2.96. The molecule has 0 aliphatic rings. The Morgan fingerprint density at radius 2 is 2.11 bits per heavy atom. The minimum Gasteiger partial charge on any atom is -0.508 e. The molecule has 0 bridgehead atoms. The zero-order chi connectivity index (χ0) is 13.5. The second-order valence-electron chi connectivity index (χ2n) is 4.35. The van der Waals surface area contributed by atoms with Gasteiger partial charge < -0.3 is 10.2 Å². The number of carbonyl (C=O) groups excluding carboxylic acids is 1. The van der Waals surface area contributed by atoms with Crippen LogP contribution >= 0.6 is 0 Å². The molecule has 100 valence electrons. The van der Waals surface area contributed by atoms with Crippen molar-refractivity contribution in [1.82, 2.24) is 4.90 Å². The summed E-state index contributed by atoms with van der Waals surface area (Å²) in [5, 5.41) is 18.6. The van der Waals surface area contributed by atoms with Gasteiger partial charge in [-0.05, 0) is 38.1 Å². The molecule has 0 saturated heterocycles. The van der Waals surface area contributed by atoms with Crippen LogP contribution in [-0.2, 0) is 6.54 Å². The molecule has 0 aromatic heterocycles. The molecule has 18 heavy (non-hydrogen) atoms. The van der Waals surface area contributed by atoms with Crippen LogP contribution in [0.2, 0.25) is 0 Å². The van der Waals surface area contributed by atoms with E-state index in [2.05, 4.69) is 4.90 Å². The quantitative estimate of drug-likeness (QED) is 0.725. The average Bonchev–Trinajstić information content (AvgIpc) is 2.36. The number of aliphatic hydroxyl groups is 1. The largest absolute Gasteiger partial charge is 0.508 e. The van der Waals surface area contributed by atoms with Gasteiger partial charge in [-0.1, -0.05) is 6.92 Å². The van der Waals surface area contributed by atoms with Crippen molar-refractivity contribution >= 4 is 5.78 Å². The summed E-state index contributed by atoms with van der Waals surface area (Å²) in [4.78, 5) is 13.4. The van der Waals surface area contributed by atoms with Crippen molar-refractivity contribution in [3.8, 4) is 5.75 Å². The Kier molecular flexibility index (Phi) is 5.82. The molecule has 1 rings (SSSR count). The third kappa shape index (κ3) is 4.13. The van der Waals surface area contributed by atoms with Gasteiger partial charge in [0.15, 0.2) is 5.78 Å². The fourth-order valence-corrected chi connectivity index (χ4v) is 1.82. The Morgan fingerprint density at radius 3 is 2.67 bits per heavy atom. The van der Waals surface area contributed by atoms with Gasteiger partial charge in [0.05, 0.1) is 0 Å². The summed E-state index contributed by atoms with van der Waals surface area (Å²) >= 11 is 0. The number of nitrogens with zero attached hydrogens (tertiary/aromatic N) is 1. The van der Waals surface area contributed by atoms with E-state index in [-0.39, 0.29) is 18.1 Å². The van der Waals surface area contributed by atoms with E-state index >= 15 is 0 Å². The first kappa shape index (κ1) is 14.7. The first-order valence-electron chi connectivity index (χ1n) is 6.24. The molecule has 2 N–H and O–H groups in total. The van der Waals surface area contributed by atoms with Gasteiger partial charge in [-0.15, -0.1) is 0 Å². The van der Waals surface area contributed by atoms with Gasteiger partial charge in [0, 0.05) is 30.8 Å². The van der Waals surface area contributed by atoms with Gasteiger partial charge in [-0.25, -0.2) is 0 Å². The smallest absolute Gasteiger partial charge is 0.159 e. The van der Waals surface area contributed by atoms with Crippen molar-refractivity contribution in [2.75, 3.05) is 19.7 Å². The Morgan fingerprint density at radius 1 is 1.39 bits per heavy atom. The third-order valence-corrected chi connectivity index (χ3v) is 2.96. The average molecular weight is 251 g/mol. The highest BCUT2D eigenvalue weighted by molar-refractivity contribution is 5.94. The molecular weight excluding hydrogens is 230 g/mol. The van der Waals surface area contributed by atoms with Crippen molar-refractivity contribution in [3.05, 3.63) is 29.3 Å². The number of ketones is 1. The zero-order valence-electron chi connectivity index (χ0n) is 11.0. The molecule has 0 heterocycles. The number of benzene rings is 1. The molecule has 1 aromatic carbocycles. The van der Waals surface area contributed by atoms with E-state index < -0.39 is 0 Å². The maximum Gasteiger partial charge on any atom is 0.159 e. The Labute approximate surface area is 108 Å². The van der Waals surface area contributed by atoms with Crippen molar-refractivity contribution in [2.45, 2.75) is 26.8 Å². The van der Waals surface area contributed by atoms with E-state index in [4.69, 9.17) is 5.11 Å². The Balaban J connectivity index is 2.80. The molecule has 0 atom stereocenters. The van der Waals surface area contributed by atoms with E-state index in [1.165, 1.54) is 6.92 Å². The van der Waals surface area contributed by atoms with E-state index in [0.717, 1.165) is 18.7 Å². The van der Waals surface area contributed by atoms with Crippen LogP contribution in [0.3, 0.4) is 0 Å². The molecule has 0 saturated carbocycles. The van der Waals surface area contributed by atoms with Crippen LogP contribution in [0.25, 0.3) is 0 Å². The molecule has 0 aliphatic carbocycles. The second-order valence-corrected chi connectivity index (χ2v) is 4.35. The van der Waals surface area contributed by atoms with Crippen LogP contribution < -0.4 is 0 Å². The highest BCUT2D eigenvalue weighted by Crippen LogP contribution is 2.20. The number of aliphatic hydroxyl groups excluding tert-OH is 1. The molecule has 0 radical (unpaired) electrons. The summed E-state index contributed by atoms with van der Waals surface area (Å²) in [6.45, 7) is 5.91. The standard InChI is InChI=1S/C14H21NO3/c1-3-15(7-4-8-16)10-13-9-12(11(2)17)5-6-14(13)18/h5-6,9,16,18H,3-4,7-8,10H2,1-2H3. The number of phenolic OH excluding ortho intramolecular Hbond substituents is 1. The van der Waals surface area contributed by atoms with Gasteiger partial charge in [0.2, 0.25) is 0 Å². The second kappa shape index (κ2) is 7.13. The number of rotatable bonds is 7. The molecule has 4 heteroatoms. The number of carbonyl (C=O) groups is 1. The molecule has 0 aliphatic heterocycles. The van der Waals surface area contributed by atoms with Crippen LogP contribution in [0, 0.1) is 0 Å². The van der Waals surface area contributed by atoms with Gasteiger partial charge in [-0.3, -0.25) is 9.69 Å². The summed E-state index contributed by atoms with van der Waals surface area (Å²) < 4.78 is 0. The summed E-state index contributed by atoms with van der Waals surface area (Å²) in [6.07, 6.45) is 0.709. The summed E-state index contributed by atoms with van der Waals surface area (Å²) in [6, 6.07) is 4.93. The fourth-order valence-electron chi connectivity index (χ4n) is 1.82. The van der Waals surface area contributed by atoms with Gasteiger partial charge >= 0.3 is 0 Å². The molecule has 0 spiro atoms. The maximum atomic E-state index is 11.3. The molecule has 0 amide bonds. The lowest BCUT2D eigenvalue weighted by atomic mass is 10.1. The van der Waals surface area contributed by atoms with Crippen LogP contribution in [0.4, 0.5) is 0 Å². The lowest BCUT2D eigenvalue weighted by Gasteiger charge is -2.20. The van der Waals surface area contributed by atoms with Crippen molar-refractivity contribution in [1.29, 1.82) is 0 Å². The predicted octanol–water partition coefficient (Wildman–Crippen LogP) is 1.80. The van der Waals surface area contributed by atoms with E-state index in [1.807, 2.05) is 6.92 Å². The number of hydrogen-bond donors (Lipinski definition) is 2. The fraction of sp³-hybridized carbons (Fsp3) is 0.500. The number of aromatic hydroxyl groups is 1. The van der Waals surface area contributed by atoms with E-state index in [1.54, 1.807) is 18.2 Å². The first-order valence-corrected chi connectivity index (χ1v) is 6.24. The number of Topliss-reactive ketones (excluding diaryl/α,β-unsaturated/α-hetero) is 1. The van der Waals surface area contributed by atoms with Crippen molar-refractivity contribution in [3.63, 3.8) is 0 Å². The van der Waals surface area contributed by atoms with Crippen LogP contribution in [-0.4, -0.2) is 40.6 Å². The van der Waals surface area contributed by atoms with Gasteiger partial charge in [0.25, 0.3) is 0 Å². The normalized spacial score (nSPS) is 10.9. The van der Waals surface area contributed by atoms with E-state index in [9.17, 15) is 9.90 Å². The lowest BCUT2D eigenvalue weighted by molar-refractivity contribution is 0.101. The van der Waals surface area contributed by atoms with Gasteiger partial charge in [0.1, 0.15) is 5.75 Å². The Hall–Kier alpha value is -1.39. The molecule has 4 nitrogen and oxygen atoms in total. The van der Waals surface area contributed by atoms with Crippen LogP contribution in [0.1, 0.15) is 36.2 Å². The number of hydrogen-bond acceptors (Lipinski definition) is 4. The van der Waals surface area contributed by atoms with Crippen LogP contribution in [0.5, 0.6) is 5.75 Å². The lowest BCUT2D eigenvalue weighted by Crippen LogP contribution is -2.24. The SMILES string of the molecule is CCN(CCCO)Cc1cc(C(C)=O)ccc1O. The maximum absolute atomic E-state index is 11.3. The van der Waals surface area contributed by atoms with E-state index in [0.29, 0.717) is 18.5 Å². The zero-order valence-corrected chi connectivity index (χ0v) is 11.0. The summed E-state index contributed by atoms with van der Waals surface area (Å²) in [5.41, 5.74) is 1.36. The minimum atomic E-state index is -0.00495. The van der Waals surface area contributed by atoms with Crippen LogP contribution in [0.15, 0.2) is 18.2 Å². The van der Waals surface area contributed by atoms with Crippen molar-refractivity contribution < 1.29 is 15.0 Å². The topological polar surface area (TPSA) is 60.8 Å². The molecule has 0 unspecified atom stereocenters. The highest BCUT2D eigenvalue weighted by Gasteiger charge is 2.09. The monoisotopic (exact) mass is 251 g/mol. The molecule has 1 aromatic rings. The minimum absolute atomic E-state index is 0.00495. The molecular formula is C14H21NO3. The predicted molar refractivity (Wildman–Crippen MR) is 70.8 cm³/mol. The van der Waals surface area contributed by atoms with Gasteiger partial charge in [-0.2, -0.15) is 0 Å².